The fraction of sp³-hybridized carbons (Fsp3) is 0.517. The molecule has 0 radical (unpaired) electrons. The highest BCUT2D eigenvalue weighted by atomic mass is 16.5. The van der Waals surface area contributed by atoms with Crippen LogP contribution in [0, 0.1) is 5.41 Å². The Balaban J connectivity index is 1.62. The third kappa shape index (κ3) is 5.67. The van der Waals surface area contributed by atoms with E-state index >= 15 is 0 Å². The molecule has 1 heterocycles. The number of primary amides is 1. The normalized spacial score (nSPS) is 19.9. The van der Waals surface area contributed by atoms with Gasteiger partial charge >= 0.3 is 5.97 Å². The zero-order chi connectivity index (χ0) is 25.5. The highest BCUT2D eigenvalue weighted by Crippen LogP contribution is 2.46. The number of methoxy groups -OCH3 is 1. The van der Waals surface area contributed by atoms with E-state index in [-0.39, 0.29) is 24.3 Å². The third-order valence-electron chi connectivity index (χ3n) is 8.22. The van der Waals surface area contributed by atoms with Gasteiger partial charge < -0.3 is 20.5 Å². The predicted octanol–water partition coefficient (Wildman–Crippen LogP) is 4.27. The first-order valence-corrected chi connectivity index (χ1v) is 13.1. The van der Waals surface area contributed by atoms with E-state index in [1.54, 1.807) is 7.11 Å². The summed E-state index contributed by atoms with van der Waals surface area (Å²) < 4.78 is 5.58. The van der Waals surface area contributed by atoms with Gasteiger partial charge in [-0.15, -0.1) is 0 Å². The average Bonchev–Trinajstić information content (AvgIpc) is 2.91. The van der Waals surface area contributed by atoms with E-state index in [1.807, 2.05) is 48.5 Å². The van der Waals surface area contributed by atoms with Crippen LogP contribution in [0.25, 0.3) is 0 Å². The second-order valence-electron chi connectivity index (χ2n) is 10.2. The molecule has 2 aromatic rings. The number of para-hydroxylation sites is 2. The first-order chi connectivity index (χ1) is 17.4. The van der Waals surface area contributed by atoms with Crippen molar-refractivity contribution in [2.45, 2.75) is 56.9 Å². The van der Waals surface area contributed by atoms with E-state index < -0.39 is 11.4 Å². The number of carboxylic acid groups (broad SMARTS) is 1. The molecule has 1 aliphatic carbocycles. The van der Waals surface area contributed by atoms with E-state index in [1.165, 1.54) is 0 Å². The molecule has 7 nitrogen and oxygen atoms in total. The van der Waals surface area contributed by atoms with Crippen molar-refractivity contribution in [3.63, 3.8) is 0 Å². The van der Waals surface area contributed by atoms with Gasteiger partial charge in [-0.25, -0.2) is 0 Å². The number of rotatable bonds is 10. The molecule has 4 rings (SSSR count). The average molecular weight is 494 g/mol. The lowest BCUT2D eigenvalue weighted by Gasteiger charge is -2.49. The zero-order valence-corrected chi connectivity index (χ0v) is 21.3. The first kappa shape index (κ1) is 26.0. The predicted molar refractivity (Wildman–Crippen MR) is 141 cm³/mol. The Bertz CT molecular complexity index is 1010. The summed E-state index contributed by atoms with van der Waals surface area (Å²) in [6, 6.07) is 17.8. The van der Waals surface area contributed by atoms with Crippen LogP contribution in [0.3, 0.4) is 0 Å². The molecule has 2 aliphatic rings. The van der Waals surface area contributed by atoms with Crippen LogP contribution in [0.2, 0.25) is 0 Å². The van der Waals surface area contributed by atoms with Crippen LogP contribution in [0.1, 0.15) is 56.4 Å². The van der Waals surface area contributed by atoms with Crippen molar-refractivity contribution >= 4 is 17.6 Å². The van der Waals surface area contributed by atoms with Gasteiger partial charge in [0.2, 0.25) is 5.91 Å². The number of hydrogen-bond acceptors (Lipinski definition) is 5. The number of nitrogens with two attached hydrogens (primary N) is 1. The van der Waals surface area contributed by atoms with Crippen LogP contribution in [0.5, 0.6) is 5.75 Å². The van der Waals surface area contributed by atoms with Crippen molar-refractivity contribution in [3.05, 3.63) is 60.2 Å². The van der Waals surface area contributed by atoms with Crippen LogP contribution in [-0.4, -0.2) is 61.2 Å². The van der Waals surface area contributed by atoms with E-state index in [4.69, 9.17) is 10.5 Å². The van der Waals surface area contributed by atoms with E-state index in [0.717, 1.165) is 62.4 Å². The minimum Gasteiger partial charge on any atom is -0.495 e. The van der Waals surface area contributed by atoms with Gasteiger partial charge in [0.15, 0.2) is 0 Å². The lowest BCUT2D eigenvalue weighted by atomic mass is 9.65. The topological polar surface area (TPSA) is 96.1 Å². The maximum absolute atomic E-state index is 12.9. The number of piperazine rings is 1. The van der Waals surface area contributed by atoms with Gasteiger partial charge in [-0.3, -0.25) is 14.5 Å². The van der Waals surface area contributed by atoms with Crippen LogP contribution in [-0.2, 0) is 9.59 Å². The first-order valence-electron chi connectivity index (χ1n) is 13.1. The Morgan fingerprint density at radius 1 is 0.972 bits per heavy atom. The summed E-state index contributed by atoms with van der Waals surface area (Å²) in [7, 11) is 1.69. The number of hydrogen-bond donors (Lipinski definition) is 2. The van der Waals surface area contributed by atoms with Crippen molar-refractivity contribution < 1.29 is 19.4 Å². The molecule has 1 amide bonds. The molecule has 2 aromatic carbocycles. The number of ether oxygens (including phenoxy) is 1. The molecular formula is C29H39N3O4. The molecule has 194 valence electrons. The molecular weight excluding hydrogens is 454 g/mol. The number of nitrogens with zero attached hydrogens (tertiary/aromatic N) is 2. The van der Waals surface area contributed by atoms with Crippen LogP contribution in [0.15, 0.2) is 54.6 Å². The summed E-state index contributed by atoms with van der Waals surface area (Å²) in [5.41, 5.74) is 6.98. The van der Waals surface area contributed by atoms with E-state index in [2.05, 4.69) is 15.9 Å². The van der Waals surface area contributed by atoms with Gasteiger partial charge in [0.1, 0.15) is 5.75 Å². The summed E-state index contributed by atoms with van der Waals surface area (Å²) in [5, 5.41) is 10.6. The Morgan fingerprint density at radius 3 is 2.22 bits per heavy atom. The number of amides is 1. The maximum atomic E-state index is 12.9. The largest absolute Gasteiger partial charge is 0.495 e. The number of benzene rings is 2. The molecule has 2 unspecified atom stereocenters. The van der Waals surface area contributed by atoms with Gasteiger partial charge in [0.25, 0.3) is 0 Å². The molecule has 0 spiro atoms. The smallest absolute Gasteiger partial charge is 0.311 e. The zero-order valence-electron chi connectivity index (χ0n) is 21.3. The molecule has 0 bridgehead atoms. The highest BCUT2D eigenvalue weighted by molar-refractivity contribution is 5.76. The van der Waals surface area contributed by atoms with Crippen LogP contribution < -0.4 is 15.4 Å². The maximum Gasteiger partial charge on any atom is 0.311 e. The van der Waals surface area contributed by atoms with E-state index in [9.17, 15) is 14.7 Å². The highest BCUT2D eigenvalue weighted by Gasteiger charge is 2.50. The second-order valence-corrected chi connectivity index (χ2v) is 10.2. The number of aliphatic carboxylic acids is 1. The van der Waals surface area contributed by atoms with Crippen LogP contribution in [0.4, 0.5) is 5.69 Å². The monoisotopic (exact) mass is 493 g/mol. The quantitative estimate of drug-likeness (QED) is 0.513. The van der Waals surface area contributed by atoms with Gasteiger partial charge in [0.05, 0.1) is 18.2 Å². The Kier molecular flexibility index (Phi) is 8.52. The molecule has 2 atom stereocenters. The summed E-state index contributed by atoms with van der Waals surface area (Å²) in [6.07, 6.45) is 5.11. The van der Waals surface area contributed by atoms with Crippen molar-refractivity contribution in [2.75, 3.05) is 38.2 Å². The summed E-state index contributed by atoms with van der Waals surface area (Å²) in [5.74, 6) is -0.316. The molecule has 1 saturated carbocycles. The Labute approximate surface area is 214 Å². The molecule has 1 saturated heterocycles. The summed E-state index contributed by atoms with van der Waals surface area (Å²) in [4.78, 5) is 29.7. The van der Waals surface area contributed by atoms with Crippen molar-refractivity contribution in [3.8, 4) is 5.75 Å². The molecule has 7 heteroatoms. The van der Waals surface area contributed by atoms with Crippen molar-refractivity contribution in [2.24, 2.45) is 11.1 Å². The number of anilines is 1. The Hall–Kier alpha value is -3.06. The second kappa shape index (κ2) is 11.8. The fourth-order valence-corrected chi connectivity index (χ4v) is 6.34. The van der Waals surface area contributed by atoms with Gasteiger partial charge in [-0.1, -0.05) is 61.7 Å². The molecule has 2 fully saturated rings. The molecule has 0 aromatic heterocycles. The standard InChI is InChI=1S/C29H39N3O4/c1-36-25-13-7-6-12-24(25)31-16-18-32(19-17-31)26(29(28(34)35)14-8-3-9-15-29)20-23(21-27(30)33)22-10-4-2-5-11-22/h2,4-7,10-13,23,26H,3,8-9,14-21H2,1H3,(H2,30,33)(H,34,35). The minimum absolute atomic E-state index is 0.112. The molecule has 3 N–H and O–H groups in total. The van der Waals surface area contributed by atoms with Crippen LogP contribution >= 0.6 is 0 Å². The lowest BCUT2D eigenvalue weighted by molar-refractivity contribution is -0.157. The minimum atomic E-state index is -0.810. The van der Waals surface area contributed by atoms with Crippen molar-refractivity contribution in [1.29, 1.82) is 0 Å². The molecule has 1 aliphatic heterocycles. The van der Waals surface area contributed by atoms with Gasteiger partial charge in [-0.2, -0.15) is 0 Å². The SMILES string of the molecule is COc1ccccc1N1CCN(C(CC(CC(N)=O)c2ccccc2)C2(C(=O)O)CCCCC2)CC1. The summed E-state index contributed by atoms with van der Waals surface area (Å²) in [6.45, 7) is 3.10. The molecule has 36 heavy (non-hydrogen) atoms. The lowest BCUT2D eigenvalue weighted by Crippen LogP contribution is -2.59. The number of carboxylic acids is 1. The number of carbonyl (C=O) groups is 2. The van der Waals surface area contributed by atoms with E-state index in [0.29, 0.717) is 19.3 Å². The Morgan fingerprint density at radius 2 is 1.61 bits per heavy atom. The third-order valence-corrected chi connectivity index (χ3v) is 8.22. The van der Waals surface area contributed by atoms with Gasteiger partial charge in [0, 0.05) is 38.6 Å². The van der Waals surface area contributed by atoms with Gasteiger partial charge in [-0.05, 0) is 42.9 Å². The summed E-state index contributed by atoms with van der Waals surface area (Å²) >= 11 is 0. The number of carbonyl (C=O) groups excluding carboxylic acids is 1. The fourth-order valence-electron chi connectivity index (χ4n) is 6.34. The van der Waals surface area contributed by atoms with Crippen molar-refractivity contribution in [1.82, 2.24) is 4.90 Å².